The Hall–Kier alpha value is -2.84. The van der Waals surface area contributed by atoms with Crippen LogP contribution in [0.2, 0.25) is 0 Å². The Balaban J connectivity index is 1.61. The van der Waals surface area contributed by atoms with Gasteiger partial charge in [0.2, 0.25) is 5.91 Å². The molecule has 24 heavy (non-hydrogen) atoms. The zero-order chi connectivity index (χ0) is 17.4. The van der Waals surface area contributed by atoms with E-state index in [2.05, 4.69) is 10.3 Å². The van der Waals surface area contributed by atoms with Crippen LogP contribution >= 0.6 is 0 Å². The van der Waals surface area contributed by atoms with Crippen molar-refractivity contribution in [1.29, 1.82) is 0 Å². The fraction of sp³-hybridized carbons (Fsp3) is 0.467. The van der Waals surface area contributed by atoms with Gasteiger partial charge < -0.3 is 19.5 Å². The van der Waals surface area contributed by atoms with Crippen LogP contribution in [0.4, 0.5) is 4.79 Å². The van der Waals surface area contributed by atoms with E-state index in [1.807, 2.05) is 13.0 Å². The van der Waals surface area contributed by atoms with Crippen LogP contribution in [0, 0.1) is 6.92 Å². The highest BCUT2D eigenvalue weighted by molar-refractivity contribution is 6.02. The molecule has 3 heterocycles. The van der Waals surface area contributed by atoms with E-state index >= 15 is 0 Å². The number of rotatable bonds is 4. The molecule has 1 fully saturated rings. The SMILES string of the molecule is Cc1coc(CNC(=O)CN2C=NC3C2C(=O)N(C)C(=O)N3C)c1. The van der Waals surface area contributed by atoms with Crippen LogP contribution in [0.1, 0.15) is 11.3 Å². The quantitative estimate of drug-likeness (QED) is 0.820. The lowest BCUT2D eigenvalue weighted by molar-refractivity contribution is -0.136. The van der Waals surface area contributed by atoms with Crippen molar-refractivity contribution in [2.24, 2.45) is 4.99 Å². The lowest BCUT2D eigenvalue weighted by atomic mass is 10.1. The summed E-state index contributed by atoms with van der Waals surface area (Å²) < 4.78 is 5.27. The maximum Gasteiger partial charge on any atom is 0.328 e. The van der Waals surface area contributed by atoms with Gasteiger partial charge in [0.1, 0.15) is 5.76 Å². The highest BCUT2D eigenvalue weighted by Gasteiger charge is 2.48. The monoisotopic (exact) mass is 333 g/mol. The zero-order valence-electron chi connectivity index (χ0n) is 13.7. The lowest BCUT2D eigenvalue weighted by Crippen LogP contribution is -2.64. The second kappa shape index (κ2) is 5.99. The summed E-state index contributed by atoms with van der Waals surface area (Å²) in [6.07, 6.45) is 2.47. The molecule has 3 rings (SSSR count). The Morgan fingerprint density at radius 2 is 2.12 bits per heavy atom. The first-order valence-corrected chi connectivity index (χ1v) is 7.52. The van der Waals surface area contributed by atoms with E-state index in [-0.39, 0.29) is 24.9 Å². The van der Waals surface area contributed by atoms with Gasteiger partial charge in [-0.1, -0.05) is 0 Å². The first-order valence-electron chi connectivity index (χ1n) is 7.52. The molecule has 2 atom stereocenters. The molecular formula is C15H19N5O4. The van der Waals surface area contributed by atoms with Crippen molar-refractivity contribution >= 4 is 24.2 Å². The predicted molar refractivity (Wildman–Crippen MR) is 84.0 cm³/mol. The molecule has 1 saturated heterocycles. The van der Waals surface area contributed by atoms with Crippen LogP contribution in [-0.2, 0) is 16.1 Å². The molecule has 0 spiro atoms. The maximum atomic E-state index is 12.3. The molecular weight excluding hydrogens is 314 g/mol. The molecule has 9 heteroatoms. The number of nitrogens with one attached hydrogen (secondary N) is 1. The van der Waals surface area contributed by atoms with Crippen molar-refractivity contribution in [3.63, 3.8) is 0 Å². The van der Waals surface area contributed by atoms with E-state index in [1.165, 1.54) is 18.3 Å². The van der Waals surface area contributed by atoms with Gasteiger partial charge in [0.25, 0.3) is 5.91 Å². The van der Waals surface area contributed by atoms with Gasteiger partial charge >= 0.3 is 6.03 Å². The Labute approximate surface area is 138 Å². The minimum Gasteiger partial charge on any atom is -0.467 e. The Kier molecular flexibility index (Phi) is 4.00. The molecule has 1 aromatic heterocycles. The number of aryl methyl sites for hydroxylation is 1. The molecule has 0 aliphatic carbocycles. The molecule has 0 radical (unpaired) electrons. The van der Waals surface area contributed by atoms with Crippen molar-refractivity contribution in [3.8, 4) is 0 Å². The van der Waals surface area contributed by atoms with Crippen LogP contribution in [0.3, 0.4) is 0 Å². The second-order valence-electron chi connectivity index (χ2n) is 5.95. The number of amides is 4. The summed E-state index contributed by atoms with van der Waals surface area (Å²) in [5.41, 5.74) is 0.984. The number of aliphatic imine (C=N–C) groups is 1. The number of furan rings is 1. The summed E-state index contributed by atoms with van der Waals surface area (Å²) in [5.74, 6) is 0.0360. The first kappa shape index (κ1) is 16.0. The van der Waals surface area contributed by atoms with E-state index in [0.29, 0.717) is 5.76 Å². The van der Waals surface area contributed by atoms with Gasteiger partial charge in [-0.05, 0) is 18.6 Å². The van der Waals surface area contributed by atoms with Crippen LogP contribution in [0.5, 0.6) is 0 Å². The van der Waals surface area contributed by atoms with E-state index in [1.54, 1.807) is 18.2 Å². The lowest BCUT2D eigenvalue weighted by Gasteiger charge is -2.39. The zero-order valence-corrected chi connectivity index (χ0v) is 13.7. The summed E-state index contributed by atoms with van der Waals surface area (Å²) in [5, 5.41) is 2.74. The average molecular weight is 333 g/mol. The molecule has 0 aromatic carbocycles. The van der Waals surface area contributed by atoms with Gasteiger partial charge in [-0.25, -0.2) is 9.79 Å². The molecule has 2 unspecified atom stereocenters. The molecule has 0 bridgehead atoms. The number of nitrogens with zero attached hydrogens (tertiary/aromatic N) is 4. The van der Waals surface area contributed by atoms with E-state index < -0.39 is 18.2 Å². The number of likely N-dealkylation sites (N-methyl/N-ethyl adjacent to an activating group) is 2. The minimum atomic E-state index is -0.672. The fourth-order valence-electron chi connectivity index (χ4n) is 2.83. The normalized spacial score (nSPS) is 23.0. The van der Waals surface area contributed by atoms with Gasteiger partial charge in [-0.2, -0.15) is 0 Å². The van der Waals surface area contributed by atoms with Gasteiger partial charge in [-0.15, -0.1) is 0 Å². The number of urea groups is 1. The van der Waals surface area contributed by atoms with E-state index in [4.69, 9.17) is 4.42 Å². The standard InChI is InChI=1S/C15H19N5O4/c1-9-4-10(24-7-9)5-16-11(21)6-20-8-17-13-12(20)14(22)19(3)15(23)18(13)2/h4,7-8,12-13H,5-6H2,1-3H3,(H,16,21). The van der Waals surface area contributed by atoms with Crippen molar-refractivity contribution in [2.75, 3.05) is 20.6 Å². The summed E-state index contributed by atoms with van der Waals surface area (Å²) in [4.78, 5) is 44.6. The Morgan fingerprint density at radius 3 is 2.79 bits per heavy atom. The summed E-state index contributed by atoms with van der Waals surface area (Å²) in [6, 6.07) is 0.764. The molecule has 1 N–H and O–H groups in total. The second-order valence-corrected chi connectivity index (χ2v) is 5.95. The predicted octanol–water partition coefficient (Wildman–Crippen LogP) is -0.233. The summed E-state index contributed by atoms with van der Waals surface area (Å²) >= 11 is 0. The van der Waals surface area contributed by atoms with Crippen molar-refractivity contribution < 1.29 is 18.8 Å². The van der Waals surface area contributed by atoms with Crippen molar-refractivity contribution in [3.05, 3.63) is 23.7 Å². The van der Waals surface area contributed by atoms with Gasteiger partial charge in [0, 0.05) is 14.1 Å². The largest absolute Gasteiger partial charge is 0.467 e. The third kappa shape index (κ3) is 2.72. The molecule has 2 aliphatic heterocycles. The number of carbonyl (C=O) groups is 3. The van der Waals surface area contributed by atoms with Crippen LogP contribution in [0.15, 0.2) is 21.7 Å². The van der Waals surface area contributed by atoms with Crippen LogP contribution < -0.4 is 5.32 Å². The molecule has 1 aromatic rings. The number of imide groups is 1. The van der Waals surface area contributed by atoms with E-state index in [0.717, 1.165) is 10.5 Å². The highest BCUT2D eigenvalue weighted by Crippen LogP contribution is 2.24. The number of hydrogen-bond acceptors (Lipinski definition) is 6. The average Bonchev–Trinajstić information content (AvgIpc) is 3.15. The van der Waals surface area contributed by atoms with Crippen LogP contribution in [0.25, 0.3) is 0 Å². The first-order chi connectivity index (χ1) is 11.4. The van der Waals surface area contributed by atoms with E-state index in [9.17, 15) is 14.4 Å². The minimum absolute atomic E-state index is 0.0219. The molecule has 0 saturated carbocycles. The topological polar surface area (TPSA) is 98.5 Å². The Bertz CT molecular complexity index is 712. The number of carbonyl (C=O) groups excluding carboxylic acids is 3. The molecule has 2 aliphatic rings. The smallest absolute Gasteiger partial charge is 0.328 e. The Morgan fingerprint density at radius 1 is 1.38 bits per heavy atom. The number of hydrogen-bond donors (Lipinski definition) is 1. The van der Waals surface area contributed by atoms with Gasteiger partial charge in [0.05, 0.1) is 25.7 Å². The molecule has 4 amide bonds. The van der Waals surface area contributed by atoms with Gasteiger partial charge in [-0.3, -0.25) is 14.5 Å². The van der Waals surface area contributed by atoms with Gasteiger partial charge in [0.15, 0.2) is 12.2 Å². The highest BCUT2D eigenvalue weighted by atomic mass is 16.3. The maximum absolute atomic E-state index is 12.3. The molecule has 9 nitrogen and oxygen atoms in total. The summed E-state index contributed by atoms with van der Waals surface area (Å²) in [6.45, 7) is 2.16. The van der Waals surface area contributed by atoms with Crippen molar-refractivity contribution in [1.82, 2.24) is 20.0 Å². The third-order valence-corrected chi connectivity index (χ3v) is 4.15. The number of fused-ring (bicyclic) bond motifs is 1. The third-order valence-electron chi connectivity index (χ3n) is 4.15. The van der Waals surface area contributed by atoms with Crippen molar-refractivity contribution in [2.45, 2.75) is 25.7 Å². The summed E-state index contributed by atoms with van der Waals surface area (Å²) in [7, 11) is 3.01. The fourth-order valence-corrected chi connectivity index (χ4v) is 2.83. The van der Waals surface area contributed by atoms with Crippen LogP contribution in [-0.4, -0.2) is 71.7 Å². The molecule has 128 valence electrons.